The highest BCUT2D eigenvalue weighted by atomic mass is 16.2. The van der Waals surface area contributed by atoms with Crippen molar-refractivity contribution in [3.05, 3.63) is 48.0 Å². The molecule has 126 valence electrons. The summed E-state index contributed by atoms with van der Waals surface area (Å²) in [6, 6.07) is 14.2. The minimum atomic E-state index is -0.0920. The first-order valence-electron chi connectivity index (χ1n) is 8.70. The van der Waals surface area contributed by atoms with Gasteiger partial charge in [-0.25, -0.2) is 0 Å². The molecular weight excluding hydrogens is 300 g/mol. The first-order chi connectivity index (χ1) is 11.6. The molecule has 1 aliphatic rings. The average Bonchev–Trinajstić information content (AvgIpc) is 2.79. The van der Waals surface area contributed by atoms with E-state index >= 15 is 0 Å². The standard InChI is InChI=1S/C20H24N2O2/c1-15(17-11-7-9-16-8-4-5-10-18(16)17)21-19(23)14-22-13-6-2-3-12-20(22)24/h4-5,7-11,15H,2-3,6,12-14H2,1H3,(H,21,23). The fourth-order valence-electron chi connectivity index (χ4n) is 3.37. The zero-order valence-corrected chi connectivity index (χ0v) is 14.1. The maximum Gasteiger partial charge on any atom is 0.240 e. The molecule has 1 N–H and O–H groups in total. The number of hydrogen-bond donors (Lipinski definition) is 1. The third kappa shape index (κ3) is 3.75. The number of amides is 2. The van der Waals surface area contributed by atoms with Crippen LogP contribution < -0.4 is 5.32 Å². The number of likely N-dealkylation sites (tertiary alicyclic amines) is 1. The molecular formula is C20H24N2O2. The minimum Gasteiger partial charge on any atom is -0.348 e. The van der Waals surface area contributed by atoms with E-state index in [-0.39, 0.29) is 24.4 Å². The van der Waals surface area contributed by atoms with Gasteiger partial charge in [0, 0.05) is 13.0 Å². The summed E-state index contributed by atoms with van der Waals surface area (Å²) in [6.45, 7) is 2.84. The molecule has 0 spiro atoms. The Morgan fingerprint density at radius 2 is 1.92 bits per heavy atom. The van der Waals surface area contributed by atoms with Gasteiger partial charge >= 0.3 is 0 Å². The van der Waals surface area contributed by atoms with Crippen LogP contribution in [0.15, 0.2) is 42.5 Å². The van der Waals surface area contributed by atoms with Crippen molar-refractivity contribution in [2.75, 3.05) is 13.1 Å². The Labute approximate surface area is 142 Å². The van der Waals surface area contributed by atoms with Crippen LogP contribution in [0.2, 0.25) is 0 Å². The molecule has 1 fully saturated rings. The molecule has 1 aliphatic heterocycles. The molecule has 4 heteroatoms. The predicted octanol–water partition coefficient (Wildman–Crippen LogP) is 3.42. The van der Waals surface area contributed by atoms with Crippen LogP contribution in [0.25, 0.3) is 10.8 Å². The first kappa shape index (κ1) is 16.5. The Morgan fingerprint density at radius 1 is 1.12 bits per heavy atom. The van der Waals surface area contributed by atoms with Gasteiger partial charge < -0.3 is 10.2 Å². The zero-order chi connectivity index (χ0) is 16.9. The van der Waals surface area contributed by atoms with Gasteiger partial charge in [0.05, 0.1) is 12.6 Å². The smallest absolute Gasteiger partial charge is 0.240 e. The van der Waals surface area contributed by atoms with Crippen LogP contribution >= 0.6 is 0 Å². The highest BCUT2D eigenvalue weighted by Crippen LogP contribution is 2.24. The second-order valence-corrected chi connectivity index (χ2v) is 6.48. The largest absolute Gasteiger partial charge is 0.348 e. The summed E-state index contributed by atoms with van der Waals surface area (Å²) < 4.78 is 0. The lowest BCUT2D eigenvalue weighted by Crippen LogP contribution is -2.41. The van der Waals surface area contributed by atoms with Crippen molar-refractivity contribution >= 4 is 22.6 Å². The van der Waals surface area contributed by atoms with Crippen molar-refractivity contribution in [3.63, 3.8) is 0 Å². The lowest BCUT2D eigenvalue weighted by Gasteiger charge is -2.22. The highest BCUT2D eigenvalue weighted by Gasteiger charge is 2.20. The van der Waals surface area contributed by atoms with Crippen molar-refractivity contribution < 1.29 is 9.59 Å². The molecule has 2 aromatic rings. The van der Waals surface area contributed by atoms with E-state index in [0.717, 1.165) is 30.2 Å². The lowest BCUT2D eigenvalue weighted by molar-refractivity contribution is -0.135. The summed E-state index contributed by atoms with van der Waals surface area (Å²) in [6.07, 6.45) is 3.55. The van der Waals surface area contributed by atoms with Gasteiger partial charge in [-0.1, -0.05) is 48.9 Å². The van der Waals surface area contributed by atoms with Crippen LogP contribution in [0.1, 0.15) is 44.2 Å². The molecule has 1 heterocycles. The van der Waals surface area contributed by atoms with Gasteiger partial charge in [-0.3, -0.25) is 9.59 Å². The third-order valence-corrected chi connectivity index (χ3v) is 4.67. The molecule has 0 aliphatic carbocycles. The van der Waals surface area contributed by atoms with E-state index < -0.39 is 0 Å². The van der Waals surface area contributed by atoms with Crippen LogP contribution in [0, 0.1) is 0 Å². The van der Waals surface area contributed by atoms with E-state index in [1.807, 2.05) is 31.2 Å². The van der Waals surface area contributed by atoms with Crippen molar-refractivity contribution in [1.82, 2.24) is 10.2 Å². The van der Waals surface area contributed by atoms with Gasteiger partial charge in [0.25, 0.3) is 0 Å². The SMILES string of the molecule is CC(NC(=O)CN1CCCCCC1=O)c1cccc2ccccc12. The Kier molecular flexibility index (Phi) is 5.14. The molecule has 0 aromatic heterocycles. The third-order valence-electron chi connectivity index (χ3n) is 4.67. The normalized spacial score (nSPS) is 16.7. The lowest BCUT2D eigenvalue weighted by atomic mass is 10.00. The predicted molar refractivity (Wildman–Crippen MR) is 95.6 cm³/mol. The van der Waals surface area contributed by atoms with E-state index in [1.165, 1.54) is 5.39 Å². The van der Waals surface area contributed by atoms with E-state index in [4.69, 9.17) is 0 Å². The van der Waals surface area contributed by atoms with Gasteiger partial charge in [-0.2, -0.15) is 0 Å². The van der Waals surface area contributed by atoms with Gasteiger partial charge in [0.2, 0.25) is 11.8 Å². The van der Waals surface area contributed by atoms with E-state index in [1.54, 1.807) is 4.90 Å². The first-order valence-corrected chi connectivity index (χ1v) is 8.70. The Bertz CT molecular complexity index is 736. The molecule has 24 heavy (non-hydrogen) atoms. The maximum atomic E-state index is 12.4. The van der Waals surface area contributed by atoms with Crippen LogP contribution in [0.5, 0.6) is 0 Å². The maximum absolute atomic E-state index is 12.4. The summed E-state index contributed by atoms with van der Waals surface area (Å²) in [7, 11) is 0. The van der Waals surface area contributed by atoms with Crippen LogP contribution in [0.4, 0.5) is 0 Å². The van der Waals surface area contributed by atoms with Crippen molar-refractivity contribution in [1.29, 1.82) is 0 Å². The van der Waals surface area contributed by atoms with E-state index in [0.29, 0.717) is 13.0 Å². The zero-order valence-electron chi connectivity index (χ0n) is 14.1. The molecule has 0 bridgehead atoms. The summed E-state index contributed by atoms with van der Waals surface area (Å²) in [5.74, 6) is 0.00569. The van der Waals surface area contributed by atoms with Crippen molar-refractivity contribution in [3.8, 4) is 0 Å². The molecule has 2 aromatic carbocycles. The Morgan fingerprint density at radius 3 is 2.79 bits per heavy atom. The molecule has 1 unspecified atom stereocenters. The van der Waals surface area contributed by atoms with Gasteiger partial charge in [0.15, 0.2) is 0 Å². The summed E-state index contributed by atoms with van der Waals surface area (Å²) in [5, 5.41) is 5.36. The Hall–Kier alpha value is -2.36. The highest BCUT2D eigenvalue weighted by molar-refractivity contribution is 5.88. The average molecular weight is 324 g/mol. The number of carbonyl (C=O) groups is 2. The number of nitrogens with one attached hydrogen (secondary N) is 1. The molecule has 2 amide bonds. The summed E-state index contributed by atoms with van der Waals surface area (Å²) >= 11 is 0. The number of hydrogen-bond acceptors (Lipinski definition) is 2. The fraction of sp³-hybridized carbons (Fsp3) is 0.400. The Balaban J connectivity index is 1.68. The molecule has 1 atom stereocenters. The second-order valence-electron chi connectivity index (χ2n) is 6.48. The van der Waals surface area contributed by atoms with E-state index in [9.17, 15) is 9.59 Å². The molecule has 3 rings (SSSR count). The topological polar surface area (TPSA) is 49.4 Å². The van der Waals surface area contributed by atoms with Gasteiger partial charge in [-0.15, -0.1) is 0 Å². The van der Waals surface area contributed by atoms with Crippen LogP contribution in [-0.2, 0) is 9.59 Å². The number of nitrogens with zero attached hydrogens (tertiary/aromatic N) is 1. The fourth-order valence-corrected chi connectivity index (χ4v) is 3.37. The van der Waals surface area contributed by atoms with Crippen LogP contribution in [-0.4, -0.2) is 29.8 Å². The van der Waals surface area contributed by atoms with E-state index in [2.05, 4.69) is 23.5 Å². The summed E-state index contributed by atoms with van der Waals surface area (Å²) in [4.78, 5) is 26.1. The number of benzene rings is 2. The van der Waals surface area contributed by atoms with Crippen molar-refractivity contribution in [2.45, 2.75) is 38.6 Å². The molecule has 0 saturated carbocycles. The monoisotopic (exact) mass is 324 g/mol. The van der Waals surface area contributed by atoms with Crippen LogP contribution in [0.3, 0.4) is 0 Å². The number of carbonyl (C=O) groups excluding carboxylic acids is 2. The minimum absolute atomic E-state index is 0.0920. The van der Waals surface area contributed by atoms with Crippen molar-refractivity contribution in [2.24, 2.45) is 0 Å². The number of rotatable bonds is 4. The quantitative estimate of drug-likeness (QED) is 0.937. The molecule has 1 saturated heterocycles. The molecule has 0 radical (unpaired) electrons. The van der Waals surface area contributed by atoms with Gasteiger partial charge in [0.1, 0.15) is 0 Å². The molecule has 4 nitrogen and oxygen atoms in total. The van der Waals surface area contributed by atoms with Gasteiger partial charge in [-0.05, 0) is 36.1 Å². The summed E-state index contributed by atoms with van der Waals surface area (Å²) in [5.41, 5.74) is 1.10. The number of fused-ring (bicyclic) bond motifs is 1. The second kappa shape index (κ2) is 7.47.